The van der Waals surface area contributed by atoms with Crippen LogP contribution in [0.15, 0.2) is 24.3 Å². The van der Waals surface area contributed by atoms with E-state index in [1.807, 2.05) is 36.2 Å². The largest absolute Gasteiger partial charge is 0.496 e. The van der Waals surface area contributed by atoms with Gasteiger partial charge in [-0.2, -0.15) is 0 Å². The van der Waals surface area contributed by atoms with Crippen molar-refractivity contribution >= 4 is 11.8 Å². The van der Waals surface area contributed by atoms with Gasteiger partial charge in [-0.1, -0.05) is 31.5 Å². The van der Waals surface area contributed by atoms with Gasteiger partial charge in [-0.3, -0.25) is 9.59 Å². The van der Waals surface area contributed by atoms with E-state index in [0.29, 0.717) is 25.9 Å². The number of hydrogen-bond acceptors (Lipinski definition) is 4. The summed E-state index contributed by atoms with van der Waals surface area (Å²) in [6.45, 7) is 4.07. The van der Waals surface area contributed by atoms with Crippen LogP contribution in [-0.2, 0) is 9.59 Å². The van der Waals surface area contributed by atoms with E-state index in [1.54, 1.807) is 7.11 Å². The summed E-state index contributed by atoms with van der Waals surface area (Å²) in [5.41, 5.74) is 0.910. The molecule has 0 bridgehead atoms. The Hall–Kier alpha value is -2.08. The lowest BCUT2D eigenvalue weighted by Gasteiger charge is -2.41. The smallest absolute Gasteiger partial charge is 0.225 e. The third kappa shape index (κ3) is 4.75. The van der Waals surface area contributed by atoms with E-state index in [1.165, 1.54) is 0 Å². The molecule has 2 unspecified atom stereocenters. The van der Waals surface area contributed by atoms with Gasteiger partial charge in [0.2, 0.25) is 11.8 Å². The third-order valence-electron chi connectivity index (χ3n) is 4.93. The van der Waals surface area contributed by atoms with Crippen LogP contribution < -0.4 is 15.4 Å². The Kier molecular flexibility index (Phi) is 7.91. The molecule has 1 aliphatic heterocycles. The highest BCUT2D eigenvalue weighted by atomic mass is 16.5. The fraction of sp³-hybridized carbons (Fsp3) is 0.600. The number of unbranched alkanes of at least 4 members (excludes halogenated alkanes) is 1. The molecule has 0 radical (unpaired) electrons. The van der Waals surface area contributed by atoms with E-state index < -0.39 is 0 Å². The molecule has 2 rings (SSSR count). The molecule has 0 saturated carbocycles. The van der Waals surface area contributed by atoms with Gasteiger partial charge in [-0.05, 0) is 26.0 Å². The number of carbonyl (C=O) groups is 2. The first-order valence-corrected chi connectivity index (χ1v) is 9.48. The van der Waals surface area contributed by atoms with Crippen molar-refractivity contribution in [1.82, 2.24) is 15.5 Å². The summed E-state index contributed by atoms with van der Waals surface area (Å²) in [5.74, 6) is 0.582. The molecule has 6 nitrogen and oxygen atoms in total. The lowest BCUT2D eigenvalue weighted by atomic mass is 9.83. The van der Waals surface area contributed by atoms with Gasteiger partial charge in [0.05, 0.1) is 19.1 Å². The van der Waals surface area contributed by atoms with Crippen LogP contribution in [0.1, 0.15) is 44.2 Å². The number of piperidine rings is 1. The maximum atomic E-state index is 12.9. The molecule has 1 aliphatic rings. The SMILES string of the molecule is CCCCN1C(=O)CCC(C(=O)NCCNC)C1c1ccccc1OC. The number of nitrogens with one attached hydrogen (secondary N) is 2. The second-order valence-electron chi connectivity index (χ2n) is 6.67. The molecule has 2 N–H and O–H groups in total. The number of likely N-dealkylation sites (N-methyl/N-ethyl adjacent to an activating group) is 1. The number of para-hydroxylation sites is 1. The first kappa shape index (κ1) is 20.2. The highest BCUT2D eigenvalue weighted by Crippen LogP contribution is 2.40. The average molecular weight is 361 g/mol. The van der Waals surface area contributed by atoms with Crippen molar-refractivity contribution < 1.29 is 14.3 Å². The summed E-state index contributed by atoms with van der Waals surface area (Å²) in [6.07, 6.45) is 2.90. The van der Waals surface area contributed by atoms with Gasteiger partial charge < -0.3 is 20.3 Å². The van der Waals surface area contributed by atoms with E-state index in [-0.39, 0.29) is 23.8 Å². The quantitative estimate of drug-likeness (QED) is 0.661. The standard InChI is InChI=1S/C20H31N3O3/c1-4-5-14-23-18(24)11-10-16(20(25)22-13-12-21-2)19(23)15-8-6-7-9-17(15)26-3/h6-9,16,19,21H,4-5,10-14H2,1-3H3,(H,22,25). The second kappa shape index (κ2) is 10.2. The van der Waals surface area contributed by atoms with Crippen molar-refractivity contribution in [1.29, 1.82) is 0 Å². The van der Waals surface area contributed by atoms with Crippen LogP contribution in [0.5, 0.6) is 5.75 Å². The molecular weight excluding hydrogens is 330 g/mol. The predicted octanol–water partition coefficient (Wildman–Crippen LogP) is 2.11. The molecular formula is C20H31N3O3. The van der Waals surface area contributed by atoms with Crippen LogP contribution in [-0.4, -0.2) is 50.5 Å². The summed E-state index contributed by atoms with van der Waals surface area (Å²) in [4.78, 5) is 27.4. The van der Waals surface area contributed by atoms with Crippen molar-refractivity contribution in [2.24, 2.45) is 5.92 Å². The van der Waals surface area contributed by atoms with Gasteiger partial charge in [0.25, 0.3) is 0 Å². The van der Waals surface area contributed by atoms with Gasteiger partial charge in [-0.15, -0.1) is 0 Å². The Labute approximate surface area is 156 Å². The molecule has 2 amide bonds. The van der Waals surface area contributed by atoms with Crippen molar-refractivity contribution in [3.05, 3.63) is 29.8 Å². The van der Waals surface area contributed by atoms with Crippen molar-refractivity contribution in [2.45, 2.75) is 38.6 Å². The van der Waals surface area contributed by atoms with Gasteiger partial charge in [0.15, 0.2) is 0 Å². The van der Waals surface area contributed by atoms with Crippen molar-refractivity contribution in [2.75, 3.05) is 33.8 Å². The van der Waals surface area contributed by atoms with Crippen LogP contribution in [0.2, 0.25) is 0 Å². The van der Waals surface area contributed by atoms with E-state index in [2.05, 4.69) is 17.6 Å². The fourth-order valence-corrected chi connectivity index (χ4v) is 3.56. The summed E-state index contributed by atoms with van der Waals surface area (Å²) in [5, 5.41) is 6.03. The molecule has 0 spiro atoms. The minimum absolute atomic E-state index is 0.00477. The number of amides is 2. The molecule has 1 saturated heterocycles. The van der Waals surface area contributed by atoms with Crippen molar-refractivity contribution in [3.8, 4) is 5.75 Å². The van der Waals surface area contributed by atoms with Crippen LogP contribution >= 0.6 is 0 Å². The number of ether oxygens (including phenoxy) is 1. The number of methoxy groups -OCH3 is 1. The molecule has 0 aromatic heterocycles. The first-order valence-electron chi connectivity index (χ1n) is 9.48. The third-order valence-corrected chi connectivity index (χ3v) is 4.93. The molecule has 1 fully saturated rings. The molecule has 2 atom stereocenters. The Morgan fingerprint density at radius 2 is 2.08 bits per heavy atom. The Morgan fingerprint density at radius 3 is 2.77 bits per heavy atom. The number of benzene rings is 1. The molecule has 1 aromatic carbocycles. The normalized spacial score (nSPS) is 20.1. The predicted molar refractivity (Wildman–Crippen MR) is 102 cm³/mol. The maximum absolute atomic E-state index is 12.9. The lowest BCUT2D eigenvalue weighted by molar-refractivity contribution is -0.143. The number of carbonyl (C=O) groups excluding carboxylic acids is 2. The number of hydrogen-bond donors (Lipinski definition) is 2. The van der Waals surface area contributed by atoms with Gasteiger partial charge in [0, 0.05) is 31.6 Å². The number of rotatable bonds is 9. The average Bonchev–Trinajstić information content (AvgIpc) is 2.66. The Balaban J connectivity index is 2.35. The minimum Gasteiger partial charge on any atom is -0.496 e. The van der Waals surface area contributed by atoms with Crippen LogP contribution in [0.3, 0.4) is 0 Å². The highest BCUT2D eigenvalue weighted by Gasteiger charge is 2.41. The van der Waals surface area contributed by atoms with Gasteiger partial charge >= 0.3 is 0 Å². The molecule has 1 heterocycles. The summed E-state index contributed by atoms with van der Waals surface area (Å²) in [7, 11) is 3.48. The zero-order chi connectivity index (χ0) is 18.9. The molecule has 6 heteroatoms. The van der Waals surface area contributed by atoms with Crippen molar-refractivity contribution in [3.63, 3.8) is 0 Å². The van der Waals surface area contributed by atoms with Gasteiger partial charge in [-0.25, -0.2) is 0 Å². The molecule has 0 aliphatic carbocycles. The maximum Gasteiger partial charge on any atom is 0.225 e. The molecule has 1 aromatic rings. The zero-order valence-electron chi connectivity index (χ0n) is 16.1. The molecule has 26 heavy (non-hydrogen) atoms. The monoisotopic (exact) mass is 361 g/mol. The van der Waals surface area contributed by atoms with Crippen LogP contribution in [0.4, 0.5) is 0 Å². The first-order chi connectivity index (χ1) is 12.6. The number of likely N-dealkylation sites (tertiary alicyclic amines) is 1. The van der Waals surface area contributed by atoms with Crippen LogP contribution in [0.25, 0.3) is 0 Å². The zero-order valence-corrected chi connectivity index (χ0v) is 16.1. The lowest BCUT2D eigenvalue weighted by Crippen LogP contribution is -2.49. The second-order valence-corrected chi connectivity index (χ2v) is 6.67. The summed E-state index contributed by atoms with van der Waals surface area (Å²) >= 11 is 0. The fourth-order valence-electron chi connectivity index (χ4n) is 3.56. The van der Waals surface area contributed by atoms with E-state index in [4.69, 9.17) is 4.74 Å². The number of nitrogens with zero attached hydrogens (tertiary/aromatic N) is 1. The molecule has 144 valence electrons. The minimum atomic E-state index is -0.284. The van der Waals surface area contributed by atoms with E-state index in [0.717, 1.165) is 30.7 Å². The Bertz CT molecular complexity index is 606. The van der Waals surface area contributed by atoms with E-state index >= 15 is 0 Å². The highest BCUT2D eigenvalue weighted by molar-refractivity contribution is 5.85. The van der Waals surface area contributed by atoms with Gasteiger partial charge in [0.1, 0.15) is 5.75 Å². The summed E-state index contributed by atoms with van der Waals surface area (Å²) in [6, 6.07) is 7.42. The summed E-state index contributed by atoms with van der Waals surface area (Å²) < 4.78 is 5.53. The van der Waals surface area contributed by atoms with E-state index in [9.17, 15) is 9.59 Å². The topological polar surface area (TPSA) is 70.7 Å². The Morgan fingerprint density at radius 1 is 1.31 bits per heavy atom. The van der Waals surface area contributed by atoms with Crippen LogP contribution in [0, 0.1) is 5.92 Å².